The number of amidine groups is 1. The quantitative estimate of drug-likeness (QED) is 0.333. The molecule has 0 aliphatic carbocycles. The molecule has 1 aliphatic heterocycles. The Hall–Kier alpha value is -1.02. The molecule has 1 rings (SSSR count). The molecule has 0 saturated carbocycles. The molecule has 0 amide bonds. The number of alkyl halides is 3. The molecule has 3 N–H and O–H groups in total. The third kappa shape index (κ3) is 6.06. The van der Waals surface area contributed by atoms with Crippen LogP contribution >= 0.6 is 0 Å². The van der Waals surface area contributed by atoms with E-state index in [1.807, 2.05) is 0 Å². The van der Waals surface area contributed by atoms with Gasteiger partial charge in [0.05, 0.1) is 6.54 Å². The van der Waals surface area contributed by atoms with Crippen molar-refractivity contribution in [3.8, 4) is 0 Å². The second kappa shape index (κ2) is 6.79. The number of nitrogens with two attached hydrogens (primary N) is 1. The number of hydrogen-bond donors (Lipinski definition) is 2. The molecule has 0 aromatic carbocycles. The number of nitrogens with zero attached hydrogens (tertiary/aromatic N) is 3. The van der Waals surface area contributed by atoms with Crippen LogP contribution in [0.2, 0.25) is 0 Å². The molecule has 0 bridgehead atoms. The van der Waals surface area contributed by atoms with E-state index in [-0.39, 0.29) is 5.84 Å². The van der Waals surface area contributed by atoms with Crippen molar-refractivity contribution in [2.24, 2.45) is 10.9 Å². The molecule has 106 valence electrons. The van der Waals surface area contributed by atoms with Gasteiger partial charge in [0.2, 0.25) is 0 Å². The van der Waals surface area contributed by atoms with E-state index < -0.39 is 12.7 Å². The summed E-state index contributed by atoms with van der Waals surface area (Å²) in [6, 6.07) is 0. The van der Waals surface area contributed by atoms with Crippen molar-refractivity contribution in [3.05, 3.63) is 0 Å². The summed E-state index contributed by atoms with van der Waals surface area (Å²) in [5.41, 5.74) is 5.33. The van der Waals surface area contributed by atoms with Gasteiger partial charge in [0.15, 0.2) is 0 Å². The van der Waals surface area contributed by atoms with Crippen molar-refractivity contribution in [1.29, 1.82) is 0 Å². The lowest BCUT2D eigenvalue weighted by Crippen LogP contribution is -2.49. The maximum atomic E-state index is 12.2. The monoisotopic (exact) mass is 268 g/mol. The second-order valence-electron chi connectivity index (χ2n) is 4.43. The van der Waals surface area contributed by atoms with Gasteiger partial charge in [-0.15, -0.1) is 0 Å². The van der Waals surface area contributed by atoms with Gasteiger partial charge in [-0.1, -0.05) is 5.16 Å². The minimum atomic E-state index is -4.12. The Balaban J connectivity index is 2.16. The number of halogens is 3. The zero-order valence-corrected chi connectivity index (χ0v) is 10.2. The molecule has 0 aromatic rings. The van der Waals surface area contributed by atoms with Crippen molar-refractivity contribution in [3.63, 3.8) is 0 Å². The molecule has 0 atom stereocenters. The molecule has 1 saturated heterocycles. The Labute approximate surface area is 104 Å². The summed E-state index contributed by atoms with van der Waals surface area (Å²) < 4.78 is 36.5. The lowest BCUT2D eigenvalue weighted by molar-refractivity contribution is -0.149. The smallest absolute Gasteiger partial charge is 0.401 e. The van der Waals surface area contributed by atoms with Crippen molar-refractivity contribution < 1.29 is 18.4 Å². The third-order valence-corrected chi connectivity index (χ3v) is 2.90. The van der Waals surface area contributed by atoms with E-state index in [0.717, 1.165) is 13.0 Å². The van der Waals surface area contributed by atoms with Crippen molar-refractivity contribution in [2.75, 3.05) is 39.3 Å². The van der Waals surface area contributed by atoms with Crippen LogP contribution in [0.1, 0.15) is 12.8 Å². The predicted molar refractivity (Wildman–Crippen MR) is 61.6 cm³/mol. The molecule has 0 spiro atoms. The van der Waals surface area contributed by atoms with E-state index in [1.54, 1.807) is 0 Å². The second-order valence-corrected chi connectivity index (χ2v) is 4.43. The molecule has 8 heteroatoms. The number of piperazine rings is 1. The number of rotatable bonds is 5. The van der Waals surface area contributed by atoms with Gasteiger partial charge >= 0.3 is 6.18 Å². The molecule has 0 radical (unpaired) electrons. The molecule has 1 heterocycles. The third-order valence-electron chi connectivity index (χ3n) is 2.90. The normalized spacial score (nSPS) is 20.3. The fourth-order valence-electron chi connectivity index (χ4n) is 1.96. The Bertz CT molecular complexity index is 275. The highest BCUT2D eigenvalue weighted by Gasteiger charge is 2.31. The predicted octanol–water partition coefficient (Wildman–Crippen LogP) is 0.693. The Morgan fingerprint density at radius 2 is 1.72 bits per heavy atom. The van der Waals surface area contributed by atoms with Crippen LogP contribution in [0.3, 0.4) is 0 Å². The van der Waals surface area contributed by atoms with Gasteiger partial charge in [0, 0.05) is 32.6 Å². The van der Waals surface area contributed by atoms with Crippen LogP contribution in [0.5, 0.6) is 0 Å². The molecule has 5 nitrogen and oxygen atoms in total. The van der Waals surface area contributed by atoms with E-state index in [2.05, 4.69) is 10.1 Å². The SMILES string of the molecule is N/C(CCCN1CCN(CC(F)(F)F)CC1)=N\O. The first-order valence-corrected chi connectivity index (χ1v) is 5.88. The van der Waals surface area contributed by atoms with E-state index >= 15 is 0 Å². The first-order chi connectivity index (χ1) is 8.40. The van der Waals surface area contributed by atoms with Gasteiger partial charge < -0.3 is 15.8 Å². The topological polar surface area (TPSA) is 65.1 Å². The van der Waals surface area contributed by atoms with Gasteiger partial charge in [0.25, 0.3) is 0 Å². The minimum Gasteiger partial charge on any atom is -0.409 e. The molecule has 1 aliphatic rings. The van der Waals surface area contributed by atoms with Crippen LogP contribution in [0.4, 0.5) is 13.2 Å². The zero-order chi connectivity index (χ0) is 13.6. The van der Waals surface area contributed by atoms with Gasteiger partial charge in [-0.05, 0) is 13.0 Å². The average molecular weight is 268 g/mol. The average Bonchev–Trinajstić information content (AvgIpc) is 2.29. The van der Waals surface area contributed by atoms with E-state index in [9.17, 15) is 13.2 Å². The summed E-state index contributed by atoms with van der Waals surface area (Å²) in [5, 5.41) is 11.2. The highest BCUT2D eigenvalue weighted by atomic mass is 19.4. The summed E-state index contributed by atoms with van der Waals surface area (Å²) in [6.45, 7) is 2.06. The fourth-order valence-corrected chi connectivity index (χ4v) is 1.96. The first kappa shape index (κ1) is 15.0. The lowest BCUT2D eigenvalue weighted by atomic mass is 10.2. The van der Waals surface area contributed by atoms with Crippen LogP contribution in [0.15, 0.2) is 5.16 Å². The Morgan fingerprint density at radius 3 is 2.22 bits per heavy atom. The van der Waals surface area contributed by atoms with E-state index in [1.165, 1.54) is 4.90 Å². The van der Waals surface area contributed by atoms with E-state index in [0.29, 0.717) is 32.6 Å². The summed E-state index contributed by atoms with van der Waals surface area (Å²) in [7, 11) is 0. The summed E-state index contributed by atoms with van der Waals surface area (Å²) in [5.74, 6) is 0.186. The Kier molecular flexibility index (Phi) is 5.67. The van der Waals surface area contributed by atoms with Crippen molar-refractivity contribution >= 4 is 5.84 Å². The highest BCUT2D eigenvalue weighted by molar-refractivity contribution is 5.79. The van der Waals surface area contributed by atoms with Crippen LogP contribution in [0.25, 0.3) is 0 Å². The fraction of sp³-hybridized carbons (Fsp3) is 0.900. The van der Waals surface area contributed by atoms with Gasteiger partial charge in [-0.3, -0.25) is 4.90 Å². The highest BCUT2D eigenvalue weighted by Crippen LogP contribution is 2.17. The van der Waals surface area contributed by atoms with Crippen LogP contribution < -0.4 is 5.73 Å². The molecular formula is C10H19F3N4O. The summed E-state index contributed by atoms with van der Waals surface area (Å²) in [4.78, 5) is 3.51. The zero-order valence-electron chi connectivity index (χ0n) is 10.2. The van der Waals surface area contributed by atoms with Crippen LogP contribution in [0, 0.1) is 0 Å². The largest absolute Gasteiger partial charge is 0.409 e. The minimum absolute atomic E-state index is 0.186. The van der Waals surface area contributed by atoms with Gasteiger partial charge in [0.1, 0.15) is 5.84 Å². The van der Waals surface area contributed by atoms with Crippen molar-refractivity contribution in [1.82, 2.24) is 9.80 Å². The molecule has 0 aromatic heterocycles. The number of hydrogen-bond acceptors (Lipinski definition) is 4. The number of oxime groups is 1. The summed E-state index contributed by atoms with van der Waals surface area (Å²) >= 11 is 0. The van der Waals surface area contributed by atoms with Crippen molar-refractivity contribution in [2.45, 2.75) is 19.0 Å². The maximum Gasteiger partial charge on any atom is 0.401 e. The standard InChI is InChI=1S/C10H19F3N4O/c11-10(12,13)8-17-6-4-16(5-7-17)3-1-2-9(14)15-18/h18H,1-8H2,(H2,14,15). The van der Waals surface area contributed by atoms with Gasteiger partial charge in [-0.25, -0.2) is 0 Å². The Morgan fingerprint density at radius 1 is 1.17 bits per heavy atom. The maximum absolute atomic E-state index is 12.2. The van der Waals surface area contributed by atoms with Crippen LogP contribution in [-0.2, 0) is 0 Å². The lowest BCUT2D eigenvalue weighted by Gasteiger charge is -2.34. The molecule has 18 heavy (non-hydrogen) atoms. The molecular weight excluding hydrogens is 249 g/mol. The van der Waals surface area contributed by atoms with Gasteiger partial charge in [-0.2, -0.15) is 13.2 Å². The molecule has 0 unspecified atom stereocenters. The first-order valence-electron chi connectivity index (χ1n) is 5.88. The van der Waals surface area contributed by atoms with Crippen LogP contribution in [-0.4, -0.2) is 66.3 Å². The molecule has 1 fully saturated rings. The van der Waals surface area contributed by atoms with E-state index in [4.69, 9.17) is 10.9 Å². The summed E-state index contributed by atoms with van der Waals surface area (Å²) in [6.07, 6.45) is -2.87.